The van der Waals surface area contributed by atoms with Crippen LogP contribution in [-0.4, -0.2) is 42.1 Å². The number of amides is 1. The number of rotatable bonds is 4. The number of fused-ring (bicyclic) bond motifs is 2. The molecule has 0 saturated carbocycles. The lowest BCUT2D eigenvalue weighted by Crippen LogP contribution is -2.48. The van der Waals surface area contributed by atoms with Crippen molar-refractivity contribution in [2.45, 2.75) is 71.1 Å². The second-order valence-electron chi connectivity index (χ2n) is 7.56. The number of carbonyl (C=O) groups is 1. The standard InChI is InChI=1S/C20H30N2O2.ClH/c1-13(2)16-6-5-14(3)19(11-16)24-15(4)20(23)22-17-7-8-18(22)12-21-10-9-17;/h5-6,11,13,15,17-18,21H,7-10,12H2,1-4H3;1H. The van der Waals surface area contributed by atoms with E-state index in [2.05, 4.69) is 42.3 Å². The third-order valence-corrected chi connectivity index (χ3v) is 5.44. The maximum atomic E-state index is 13.0. The van der Waals surface area contributed by atoms with Crippen LogP contribution in [0.3, 0.4) is 0 Å². The van der Waals surface area contributed by atoms with Crippen LogP contribution in [0, 0.1) is 6.92 Å². The van der Waals surface area contributed by atoms with Crippen LogP contribution in [0.25, 0.3) is 0 Å². The van der Waals surface area contributed by atoms with Gasteiger partial charge >= 0.3 is 0 Å². The number of ether oxygens (including phenoxy) is 1. The predicted octanol–water partition coefficient (Wildman–Crippen LogP) is 3.66. The van der Waals surface area contributed by atoms with E-state index in [0.29, 0.717) is 18.0 Å². The van der Waals surface area contributed by atoms with Gasteiger partial charge in [-0.05, 0) is 62.8 Å². The maximum Gasteiger partial charge on any atom is 0.263 e. The van der Waals surface area contributed by atoms with Gasteiger partial charge in [0.2, 0.25) is 0 Å². The maximum absolute atomic E-state index is 13.0. The molecule has 0 aromatic heterocycles. The molecule has 0 radical (unpaired) electrons. The van der Waals surface area contributed by atoms with Crippen LogP contribution < -0.4 is 10.1 Å². The molecule has 1 aromatic carbocycles. The van der Waals surface area contributed by atoms with Gasteiger partial charge in [-0.1, -0.05) is 26.0 Å². The molecule has 2 aliphatic heterocycles. The van der Waals surface area contributed by atoms with Crippen molar-refractivity contribution in [3.05, 3.63) is 29.3 Å². The lowest BCUT2D eigenvalue weighted by molar-refractivity contribution is -0.140. The van der Waals surface area contributed by atoms with E-state index in [9.17, 15) is 4.79 Å². The Labute approximate surface area is 157 Å². The highest BCUT2D eigenvalue weighted by atomic mass is 35.5. The average molecular weight is 367 g/mol. The highest BCUT2D eigenvalue weighted by Gasteiger charge is 2.40. The van der Waals surface area contributed by atoms with Gasteiger partial charge in [0, 0.05) is 18.6 Å². The first-order chi connectivity index (χ1) is 11.5. The summed E-state index contributed by atoms with van der Waals surface area (Å²) in [5.41, 5.74) is 2.33. The second-order valence-corrected chi connectivity index (χ2v) is 7.56. The van der Waals surface area contributed by atoms with Crippen LogP contribution >= 0.6 is 12.4 Å². The highest BCUT2D eigenvalue weighted by molar-refractivity contribution is 5.85. The van der Waals surface area contributed by atoms with E-state index in [-0.39, 0.29) is 18.3 Å². The average Bonchev–Trinajstić information content (AvgIpc) is 2.81. The van der Waals surface area contributed by atoms with Gasteiger partial charge in [0.25, 0.3) is 5.91 Å². The van der Waals surface area contributed by atoms with Crippen LogP contribution in [0.1, 0.15) is 57.1 Å². The summed E-state index contributed by atoms with van der Waals surface area (Å²) in [6.45, 7) is 10.2. The highest BCUT2D eigenvalue weighted by Crippen LogP contribution is 2.30. The van der Waals surface area contributed by atoms with Crippen molar-refractivity contribution in [2.24, 2.45) is 0 Å². The summed E-state index contributed by atoms with van der Waals surface area (Å²) >= 11 is 0. The first-order valence-corrected chi connectivity index (χ1v) is 9.27. The molecule has 2 saturated heterocycles. The minimum atomic E-state index is -0.438. The Balaban J connectivity index is 0.00000225. The zero-order chi connectivity index (χ0) is 17.3. The van der Waals surface area contributed by atoms with Crippen molar-refractivity contribution < 1.29 is 9.53 Å². The first kappa shape index (κ1) is 20.1. The van der Waals surface area contributed by atoms with Gasteiger partial charge < -0.3 is 15.0 Å². The summed E-state index contributed by atoms with van der Waals surface area (Å²) in [4.78, 5) is 15.1. The summed E-state index contributed by atoms with van der Waals surface area (Å²) in [7, 11) is 0. The topological polar surface area (TPSA) is 41.6 Å². The van der Waals surface area contributed by atoms with E-state index in [1.165, 1.54) is 5.56 Å². The molecular formula is C20H31ClN2O2. The zero-order valence-electron chi connectivity index (χ0n) is 15.7. The third-order valence-electron chi connectivity index (χ3n) is 5.44. The molecule has 3 unspecified atom stereocenters. The van der Waals surface area contributed by atoms with Crippen LogP contribution in [-0.2, 0) is 4.79 Å². The molecule has 140 valence electrons. The Morgan fingerprint density at radius 3 is 2.64 bits per heavy atom. The number of halogens is 1. The van der Waals surface area contributed by atoms with Crippen molar-refractivity contribution >= 4 is 18.3 Å². The van der Waals surface area contributed by atoms with E-state index in [1.54, 1.807) is 0 Å². The van der Waals surface area contributed by atoms with E-state index in [4.69, 9.17) is 4.74 Å². The second kappa shape index (κ2) is 8.41. The Hall–Kier alpha value is -1.26. The number of nitrogens with one attached hydrogen (secondary N) is 1. The zero-order valence-corrected chi connectivity index (χ0v) is 16.6. The van der Waals surface area contributed by atoms with Crippen molar-refractivity contribution in [1.29, 1.82) is 0 Å². The van der Waals surface area contributed by atoms with Crippen LogP contribution in [0.5, 0.6) is 5.75 Å². The van der Waals surface area contributed by atoms with Gasteiger partial charge in [0.05, 0.1) is 0 Å². The first-order valence-electron chi connectivity index (χ1n) is 9.27. The van der Waals surface area contributed by atoms with Gasteiger partial charge in [-0.2, -0.15) is 0 Å². The normalized spacial score (nSPS) is 23.8. The van der Waals surface area contributed by atoms with E-state index < -0.39 is 6.10 Å². The largest absolute Gasteiger partial charge is 0.481 e. The summed E-state index contributed by atoms with van der Waals surface area (Å²) in [6, 6.07) is 7.02. The van der Waals surface area contributed by atoms with Gasteiger partial charge in [0.15, 0.2) is 6.10 Å². The van der Waals surface area contributed by atoms with Gasteiger partial charge in [-0.25, -0.2) is 0 Å². The minimum absolute atomic E-state index is 0. The fraction of sp³-hybridized carbons (Fsp3) is 0.650. The van der Waals surface area contributed by atoms with Crippen molar-refractivity contribution in [1.82, 2.24) is 10.2 Å². The lowest BCUT2D eigenvalue weighted by Gasteiger charge is -2.30. The van der Waals surface area contributed by atoms with E-state index >= 15 is 0 Å². The fourth-order valence-electron chi connectivity index (χ4n) is 3.90. The van der Waals surface area contributed by atoms with Crippen LogP contribution in [0.2, 0.25) is 0 Å². The van der Waals surface area contributed by atoms with E-state index in [0.717, 1.165) is 43.7 Å². The van der Waals surface area contributed by atoms with Crippen molar-refractivity contribution in [3.8, 4) is 5.75 Å². The number of hydrogen-bond donors (Lipinski definition) is 1. The predicted molar refractivity (Wildman–Crippen MR) is 104 cm³/mol. The molecule has 0 aliphatic carbocycles. The van der Waals surface area contributed by atoms with Crippen LogP contribution in [0.4, 0.5) is 0 Å². The Bertz CT molecular complexity index is 591. The summed E-state index contributed by atoms with van der Waals surface area (Å²) in [5, 5.41) is 3.45. The monoisotopic (exact) mass is 366 g/mol. The molecule has 4 nitrogen and oxygen atoms in total. The number of nitrogens with zero attached hydrogens (tertiary/aromatic N) is 1. The van der Waals surface area contributed by atoms with Gasteiger partial charge in [-0.3, -0.25) is 4.79 Å². The number of aryl methyl sites for hydroxylation is 1. The molecule has 1 aromatic rings. The molecule has 1 N–H and O–H groups in total. The Morgan fingerprint density at radius 2 is 1.92 bits per heavy atom. The van der Waals surface area contributed by atoms with Gasteiger partial charge in [-0.15, -0.1) is 12.4 Å². The molecule has 2 heterocycles. The smallest absolute Gasteiger partial charge is 0.263 e. The van der Waals surface area contributed by atoms with Crippen molar-refractivity contribution in [3.63, 3.8) is 0 Å². The summed E-state index contributed by atoms with van der Waals surface area (Å²) in [5.74, 6) is 1.43. The molecular weight excluding hydrogens is 336 g/mol. The molecule has 2 bridgehead atoms. The molecule has 0 spiro atoms. The van der Waals surface area contributed by atoms with Gasteiger partial charge in [0.1, 0.15) is 5.75 Å². The molecule has 2 aliphatic rings. The minimum Gasteiger partial charge on any atom is -0.481 e. The number of carbonyl (C=O) groups excluding carboxylic acids is 1. The lowest BCUT2D eigenvalue weighted by atomic mass is 10.0. The SMILES string of the molecule is Cc1ccc(C(C)C)cc1OC(C)C(=O)N1C2CCNCC1CC2.Cl. The number of hydrogen-bond acceptors (Lipinski definition) is 3. The fourth-order valence-corrected chi connectivity index (χ4v) is 3.90. The third kappa shape index (κ3) is 4.29. The quantitative estimate of drug-likeness (QED) is 0.884. The summed E-state index contributed by atoms with van der Waals surface area (Å²) in [6.07, 6.45) is 2.86. The molecule has 2 fully saturated rings. The van der Waals surface area contributed by atoms with Crippen LogP contribution in [0.15, 0.2) is 18.2 Å². The Morgan fingerprint density at radius 1 is 1.20 bits per heavy atom. The molecule has 3 rings (SSSR count). The van der Waals surface area contributed by atoms with Crippen molar-refractivity contribution in [2.75, 3.05) is 13.1 Å². The molecule has 3 atom stereocenters. The molecule has 1 amide bonds. The molecule has 25 heavy (non-hydrogen) atoms. The number of benzene rings is 1. The Kier molecular flexibility index (Phi) is 6.75. The van der Waals surface area contributed by atoms with E-state index in [1.807, 2.05) is 13.8 Å². The molecule has 5 heteroatoms. The summed E-state index contributed by atoms with van der Waals surface area (Å²) < 4.78 is 6.10.